The fourth-order valence-electron chi connectivity index (χ4n) is 2.38. The van der Waals surface area contributed by atoms with E-state index in [-0.39, 0.29) is 24.6 Å². The van der Waals surface area contributed by atoms with E-state index in [9.17, 15) is 14.9 Å². The zero-order valence-electron chi connectivity index (χ0n) is 12.5. The normalized spacial score (nSPS) is 10.7. The number of para-hydroxylation sites is 1. The van der Waals surface area contributed by atoms with Crippen LogP contribution in [-0.4, -0.2) is 20.2 Å². The summed E-state index contributed by atoms with van der Waals surface area (Å²) in [6, 6.07) is 11.5. The van der Waals surface area contributed by atoms with Crippen LogP contribution < -0.4 is 5.32 Å². The number of carbonyl (C=O) groups excluding carboxylic acids is 1. The minimum atomic E-state index is -0.493. The predicted molar refractivity (Wildman–Crippen MR) is 88.8 cm³/mol. The molecule has 24 heavy (non-hydrogen) atoms. The summed E-state index contributed by atoms with van der Waals surface area (Å²) in [5.41, 5.74) is 1.65. The lowest BCUT2D eigenvalue weighted by Crippen LogP contribution is -2.25. The van der Waals surface area contributed by atoms with Gasteiger partial charge in [-0.25, -0.2) is 4.98 Å². The monoisotopic (exact) mass is 344 g/mol. The van der Waals surface area contributed by atoms with Crippen LogP contribution in [0, 0.1) is 10.1 Å². The Morgan fingerprint density at radius 3 is 2.79 bits per heavy atom. The molecule has 1 amide bonds. The maximum Gasteiger partial charge on any atom is 0.273 e. The van der Waals surface area contributed by atoms with Crippen molar-refractivity contribution in [3.05, 3.63) is 75.2 Å². The van der Waals surface area contributed by atoms with E-state index >= 15 is 0 Å². The van der Waals surface area contributed by atoms with Crippen molar-refractivity contribution in [1.82, 2.24) is 14.7 Å². The molecule has 0 atom stereocenters. The molecule has 0 aliphatic rings. The van der Waals surface area contributed by atoms with Gasteiger partial charge in [-0.05, 0) is 12.1 Å². The molecule has 1 aromatic carbocycles. The van der Waals surface area contributed by atoms with Crippen LogP contribution in [-0.2, 0) is 17.8 Å². The second kappa shape index (κ2) is 6.67. The Kier molecular flexibility index (Phi) is 4.43. The minimum Gasteiger partial charge on any atom is -0.350 e. The molecular formula is C16H13ClN4O3. The third kappa shape index (κ3) is 3.36. The average Bonchev–Trinajstić information content (AvgIpc) is 2.98. The molecule has 0 spiro atoms. The van der Waals surface area contributed by atoms with Crippen molar-refractivity contribution in [3.63, 3.8) is 0 Å². The molecule has 0 aliphatic carbocycles. The van der Waals surface area contributed by atoms with Crippen molar-refractivity contribution >= 4 is 28.8 Å². The highest BCUT2D eigenvalue weighted by molar-refractivity contribution is 6.29. The highest BCUT2D eigenvalue weighted by Crippen LogP contribution is 2.18. The molecule has 0 fully saturated rings. The van der Waals surface area contributed by atoms with Gasteiger partial charge in [-0.3, -0.25) is 19.3 Å². The predicted octanol–water partition coefficient (Wildman–Crippen LogP) is 2.75. The highest BCUT2D eigenvalue weighted by Gasteiger charge is 2.15. The first kappa shape index (κ1) is 15.9. The SMILES string of the molecule is O=C(Cc1ccccc1[N+](=O)[O-])NCc1cn2c(Cl)cccc2n1. The molecule has 8 heteroatoms. The minimum absolute atomic E-state index is 0.0628. The Morgan fingerprint density at radius 1 is 1.25 bits per heavy atom. The molecule has 0 aliphatic heterocycles. The summed E-state index contributed by atoms with van der Waals surface area (Å²) in [6.07, 6.45) is 1.67. The number of fused-ring (bicyclic) bond motifs is 1. The molecule has 2 aromatic heterocycles. The smallest absolute Gasteiger partial charge is 0.273 e. The quantitative estimate of drug-likeness (QED) is 0.438. The van der Waals surface area contributed by atoms with Crippen molar-refractivity contribution < 1.29 is 9.72 Å². The fraction of sp³-hybridized carbons (Fsp3) is 0.125. The number of aromatic nitrogens is 2. The lowest BCUT2D eigenvalue weighted by atomic mass is 10.1. The maximum absolute atomic E-state index is 12.0. The van der Waals surface area contributed by atoms with Gasteiger partial charge in [0.1, 0.15) is 10.8 Å². The van der Waals surface area contributed by atoms with Crippen LogP contribution in [0.15, 0.2) is 48.7 Å². The Bertz CT molecular complexity index is 923. The molecule has 1 N–H and O–H groups in total. The number of carbonyl (C=O) groups is 1. The van der Waals surface area contributed by atoms with Crippen molar-refractivity contribution in [1.29, 1.82) is 0 Å². The molecule has 122 valence electrons. The van der Waals surface area contributed by atoms with Gasteiger partial charge in [0.05, 0.1) is 23.6 Å². The summed E-state index contributed by atoms with van der Waals surface area (Å²) in [4.78, 5) is 26.9. The van der Waals surface area contributed by atoms with E-state index in [1.807, 2.05) is 6.07 Å². The van der Waals surface area contributed by atoms with E-state index in [0.29, 0.717) is 22.1 Å². The van der Waals surface area contributed by atoms with E-state index in [0.717, 1.165) is 0 Å². The van der Waals surface area contributed by atoms with Crippen LogP contribution in [0.25, 0.3) is 5.65 Å². The molecular weight excluding hydrogens is 332 g/mol. The van der Waals surface area contributed by atoms with Gasteiger partial charge in [-0.15, -0.1) is 0 Å². The second-order valence-electron chi connectivity index (χ2n) is 5.15. The van der Waals surface area contributed by atoms with Crippen LogP contribution in [0.1, 0.15) is 11.3 Å². The van der Waals surface area contributed by atoms with E-state index in [2.05, 4.69) is 10.3 Å². The number of amides is 1. The Labute approximate surface area is 142 Å². The molecule has 0 saturated heterocycles. The van der Waals surface area contributed by atoms with Gasteiger partial charge in [0.2, 0.25) is 5.91 Å². The van der Waals surface area contributed by atoms with Gasteiger partial charge in [0.15, 0.2) is 0 Å². The van der Waals surface area contributed by atoms with Crippen LogP contribution in [0.4, 0.5) is 5.69 Å². The number of halogens is 1. The Balaban J connectivity index is 1.67. The standard InChI is InChI=1S/C16H13ClN4O3/c17-14-6-3-7-15-19-12(10-20(14)15)9-18-16(22)8-11-4-1-2-5-13(11)21(23)24/h1-7,10H,8-9H2,(H,18,22). The summed E-state index contributed by atoms with van der Waals surface area (Å²) in [5, 5.41) is 14.2. The number of hydrogen-bond donors (Lipinski definition) is 1. The molecule has 0 radical (unpaired) electrons. The number of nitro groups is 1. The summed E-state index contributed by atoms with van der Waals surface area (Å²) in [5.74, 6) is -0.313. The van der Waals surface area contributed by atoms with Crippen molar-refractivity contribution in [2.24, 2.45) is 0 Å². The number of nitrogens with zero attached hydrogens (tertiary/aromatic N) is 3. The third-order valence-corrected chi connectivity index (χ3v) is 3.81. The number of imidazole rings is 1. The molecule has 3 rings (SSSR count). The van der Waals surface area contributed by atoms with Gasteiger partial charge < -0.3 is 5.32 Å². The molecule has 2 heterocycles. The van der Waals surface area contributed by atoms with E-state index < -0.39 is 4.92 Å². The van der Waals surface area contributed by atoms with Gasteiger partial charge in [-0.2, -0.15) is 0 Å². The van der Waals surface area contributed by atoms with Gasteiger partial charge >= 0.3 is 0 Å². The molecule has 0 saturated carbocycles. The number of hydrogen-bond acceptors (Lipinski definition) is 4. The molecule has 3 aromatic rings. The summed E-state index contributed by atoms with van der Waals surface area (Å²) >= 11 is 6.06. The zero-order valence-corrected chi connectivity index (χ0v) is 13.2. The van der Waals surface area contributed by atoms with E-state index in [1.54, 1.807) is 40.9 Å². The van der Waals surface area contributed by atoms with E-state index in [4.69, 9.17) is 11.6 Å². The number of rotatable bonds is 5. The first-order chi connectivity index (χ1) is 11.5. The number of pyridine rings is 1. The summed E-state index contributed by atoms with van der Waals surface area (Å²) in [6.45, 7) is 0.220. The van der Waals surface area contributed by atoms with Crippen LogP contribution in [0.5, 0.6) is 0 Å². The van der Waals surface area contributed by atoms with Gasteiger partial charge in [-0.1, -0.05) is 35.9 Å². The Hall–Kier alpha value is -2.93. The highest BCUT2D eigenvalue weighted by atomic mass is 35.5. The van der Waals surface area contributed by atoms with Crippen molar-refractivity contribution in [3.8, 4) is 0 Å². The van der Waals surface area contributed by atoms with Crippen LogP contribution in [0.3, 0.4) is 0 Å². The first-order valence-corrected chi connectivity index (χ1v) is 7.54. The second-order valence-corrected chi connectivity index (χ2v) is 5.54. The summed E-state index contributed by atoms with van der Waals surface area (Å²) < 4.78 is 1.71. The fourth-order valence-corrected chi connectivity index (χ4v) is 2.58. The molecule has 0 bridgehead atoms. The number of nitro benzene ring substituents is 1. The topological polar surface area (TPSA) is 89.5 Å². The summed E-state index contributed by atoms with van der Waals surface area (Å²) in [7, 11) is 0. The molecule has 7 nitrogen and oxygen atoms in total. The van der Waals surface area contributed by atoms with Crippen LogP contribution >= 0.6 is 11.6 Å². The molecule has 0 unspecified atom stereocenters. The average molecular weight is 345 g/mol. The van der Waals surface area contributed by atoms with Crippen molar-refractivity contribution in [2.75, 3.05) is 0 Å². The van der Waals surface area contributed by atoms with Gasteiger partial charge in [0, 0.05) is 17.8 Å². The maximum atomic E-state index is 12.0. The van der Waals surface area contributed by atoms with Crippen LogP contribution in [0.2, 0.25) is 5.15 Å². The lowest BCUT2D eigenvalue weighted by molar-refractivity contribution is -0.385. The number of benzene rings is 1. The number of nitrogens with one attached hydrogen (secondary N) is 1. The van der Waals surface area contributed by atoms with Gasteiger partial charge in [0.25, 0.3) is 5.69 Å². The van der Waals surface area contributed by atoms with E-state index in [1.165, 1.54) is 6.07 Å². The first-order valence-electron chi connectivity index (χ1n) is 7.16. The van der Waals surface area contributed by atoms with Crippen molar-refractivity contribution in [2.45, 2.75) is 13.0 Å². The zero-order chi connectivity index (χ0) is 17.1. The lowest BCUT2D eigenvalue weighted by Gasteiger charge is -2.04. The third-order valence-electron chi connectivity index (χ3n) is 3.50. The largest absolute Gasteiger partial charge is 0.350 e. The Morgan fingerprint density at radius 2 is 2.04 bits per heavy atom.